The molecule has 1 heteroatoms. The van der Waals surface area contributed by atoms with Crippen LogP contribution in [0.3, 0.4) is 0 Å². The Hall–Kier alpha value is -2.54. The van der Waals surface area contributed by atoms with Crippen LogP contribution < -0.4 is 0 Å². The highest BCUT2D eigenvalue weighted by Gasteiger charge is 2.63. The van der Waals surface area contributed by atoms with Crippen LogP contribution in [-0.2, 0) is 0 Å². The lowest BCUT2D eigenvalue weighted by molar-refractivity contribution is -0.190. The second-order valence-corrected chi connectivity index (χ2v) is 16.1. The van der Waals surface area contributed by atoms with Gasteiger partial charge in [-0.15, -0.1) is 0 Å². The first-order valence-electron chi connectivity index (χ1n) is 18.3. The summed E-state index contributed by atoms with van der Waals surface area (Å²) in [6.45, 7) is 0. The number of rotatable bonds is 2. The lowest BCUT2D eigenvalue weighted by Gasteiger charge is -2.68. The van der Waals surface area contributed by atoms with Gasteiger partial charge in [-0.2, -0.15) is 0 Å². The number of benzene rings is 3. The molecule has 6 aliphatic carbocycles. The molecule has 1 nitrogen and oxygen atoms in total. The molecule has 12 unspecified atom stereocenters. The van der Waals surface area contributed by atoms with Gasteiger partial charge in [-0.1, -0.05) is 86.0 Å². The molecule has 222 valence electrons. The van der Waals surface area contributed by atoms with Crippen LogP contribution in [-0.4, -0.2) is 0 Å². The smallest absolute Gasteiger partial charge is 0.138 e. The van der Waals surface area contributed by atoms with Crippen LogP contribution in [0.1, 0.15) is 100 Å². The van der Waals surface area contributed by atoms with Crippen molar-refractivity contribution in [3.63, 3.8) is 0 Å². The van der Waals surface area contributed by atoms with E-state index in [0.29, 0.717) is 5.92 Å². The predicted molar refractivity (Wildman–Crippen MR) is 176 cm³/mol. The van der Waals surface area contributed by atoms with E-state index in [1.165, 1.54) is 79.7 Å². The number of hydrogen-bond donors (Lipinski definition) is 0. The fourth-order valence-electron chi connectivity index (χ4n) is 13.6. The van der Waals surface area contributed by atoms with E-state index in [9.17, 15) is 0 Å². The van der Waals surface area contributed by atoms with E-state index in [0.717, 1.165) is 70.7 Å². The molecule has 0 amide bonds. The summed E-state index contributed by atoms with van der Waals surface area (Å²) in [5.41, 5.74) is 5.41. The van der Waals surface area contributed by atoms with Gasteiger partial charge >= 0.3 is 0 Å². The SMILES string of the molecule is c1ccc(C2CC3C4CCCCC4C4CCCC5C6CC(c7cccc8c7oc7ccccc78)CCC6C(C2)C3C45)cc1. The van der Waals surface area contributed by atoms with E-state index in [2.05, 4.69) is 72.8 Å². The highest BCUT2D eigenvalue weighted by molar-refractivity contribution is 6.05. The van der Waals surface area contributed by atoms with Crippen molar-refractivity contribution in [3.05, 3.63) is 83.9 Å². The molecule has 12 atom stereocenters. The van der Waals surface area contributed by atoms with Crippen LogP contribution in [0.25, 0.3) is 21.9 Å². The maximum Gasteiger partial charge on any atom is 0.138 e. The van der Waals surface area contributed by atoms with Crippen LogP contribution >= 0.6 is 0 Å². The molecule has 0 aliphatic heterocycles. The predicted octanol–water partition coefficient (Wildman–Crippen LogP) is 11.4. The number of fused-ring (bicyclic) bond motifs is 9. The summed E-state index contributed by atoms with van der Waals surface area (Å²) in [7, 11) is 0. The van der Waals surface area contributed by atoms with Gasteiger partial charge in [0.2, 0.25) is 0 Å². The highest BCUT2D eigenvalue weighted by Crippen LogP contribution is 2.70. The summed E-state index contributed by atoms with van der Waals surface area (Å²) in [6, 6.07) is 27.5. The van der Waals surface area contributed by atoms with Gasteiger partial charge in [0, 0.05) is 10.8 Å². The molecule has 0 N–H and O–H groups in total. The van der Waals surface area contributed by atoms with Crippen LogP contribution in [0.2, 0.25) is 0 Å². The van der Waals surface area contributed by atoms with Gasteiger partial charge in [0.1, 0.15) is 11.2 Å². The van der Waals surface area contributed by atoms with Gasteiger partial charge in [0.15, 0.2) is 0 Å². The zero-order chi connectivity index (χ0) is 28.1. The number of furan rings is 1. The van der Waals surface area contributed by atoms with Crippen LogP contribution in [0.15, 0.2) is 77.2 Å². The molecule has 1 heterocycles. The third-order valence-corrected chi connectivity index (χ3v) is 14.8. The summed E-state index contributed by atoms with van der Waals surface area (Å²) in [5.74, 6) is 11.4. The van der Waals surface area contributed by atoms with Gasteiger partial charge in [-0.05, 0) is 146 Å². The van der Waals surface area contributed by atoms with E-state index < -0.39 is 0 Å². The van der Waals surface area contributed by atoms with E-state index in [1.54, 1.807) is 24.8 Å². The first kappa shape index (κ1) is 25.8. The lowest BCUT2D eigenvalue weighted by Crippen LogP contribution is -2.62. The third-order valence-electron chi connectivity index (χ3n) is 14.8. The van der Waals surface area contributed by atoms with Gasteiger partial charge < -0.3 is 4.42 Å². The quantitative estimate of drug-likeness (QED) is 0.234. The van der Waals surface area contributed by atoms with Gasteiger partial charge in [-0.25, -0.2) is 0 Å². The fourth-order valence-corrected chi connectivity index (χ4v) is 13.6. The summed E-state index contributed by atoms with van der Waals surface area (Å²) in [5, 5.41) is 2.61. The molecular formula is C42H48O. The topological polar surface area (TPSA) is 13.1 Å². The van der Waals surface area contributed by atoms with Crippen molar-refractivity contribution >= 4 is 21.9 Å². The summed E-state index contributed by atoms with van der Waals surface area (Å²) in [4.78, 5) is 0. The Morgan fingerprint density at radius 1 is 0.442 bits per heavy atom. The van der Waals surface area contributed by atoms with E-state index >= 15 is 0 Å². The standard InChI is InChI=1S/C42H48O/c1-2-10-25(11-3-1)27-23-37-30-13-5-4-12-29(30)33-16-9-17-34-36-22-26(20-21-31(36)38(24-27)41(37)40(33)34)28-15-8-18-35-32-14-6-7-19-39(32)43-42(28)35/h1-3,6-8,10-11,14-15,18-19,26-27,29-31,33-34,36-38,40-41H,4-5,9,12-13,16-17,20-24H2. The van der Waals surface area contributed by atoms with Crippen LogP contribution in [0, 0.1) is 59.2 Å². The maximum absolute atomic E-state index is 6.63. The molecule has 0 saturated heterocycles. The normalized spacial score (nSPS) is 41.8. The summed E-state index contributed by atoms with van der Waals surface area (Å²) < 4.78 is 6.63. The van der Waals surface area contributed by atoms with Crippen molar-refractivity contribution in [1.82, 2.24) is 0 Å². The lowest BCUT2D eigenvalue weighted by atomic mass is 9.37. The van der Waals surface area contributed by atoms with Crippen LogP contribution in [0.5, 0.6) is 0 Å². The Bertz CT molecular complexity index is 1630. The molecule has 10 rings (SSSR count). The van der Waals surface area contributed by atoms with E-state index in [1.807, 2.05) is 0 Å². The average molecular weight is 569 g/mol. The second kappa shape index (κ2) is 9.98. The van der Waals surface area contributed by atoms with Gasteiger partial charge in [0.25, 0.3) is 0 Å². The van der Waals surface area contributed by atoms with Crippen molar-refractivity contribution in [2.45, 2.75) is 88.9 Å². The zero-order valence-corrected chi connectivity index (χ0v) is 25.7. The summed E-state index contributed by atoms with van der Waals surface area (Å²) in [6.07, 6.45) is 17.9. The van der Waals surface area contributed by atoms with Crippen molar-refractivity contribution in [1.29, 1.82) is 0 Å². The molecular weight excluding hydrogens is 520 g/mol. The Kier molecular flexibility index (Phi) is 5.98. The molecule has 0 spiro atoms. The Balaban J connectivity index is 1.05. The third kappa shape index (κ3) is 3.82. The van der Waals surface area contributed by atoms with Crippen molar-refractivity contribution in [2.75, 3.05) is 0 Å². The summed E-state index contributed by atoms with van der Waals surface area (Å²) >= 11 is 0. The minimum Gasteiger partial charge on any atom is -0.456 e. The Labute approximate surface area is 257 Å². The first-order chi connectivity index (χ1) is 21.3. The van der Waals surface area contributed by atoms with Gasteiger partial charge in [-0.3, -0.25) is 0 Å². The minimum atomic E-state index is 0.651. The first-order valence-corrected chi connectivity index (χ1v) is 18.3. The second-order valence-electron chi connectivity index (χ2n) is 16.1. The molecule has 6 aliphatic rings. The Morgan fingerprint density at radius 3 is 1.91 bits per heavy atom. The molecule has 0 radical (unpaired) electrons. The van der Waals surface area contributed by atoms with Crippen molar-refractivity contribution < 1.29 is 4.42 Å². The van der Waals surface area contributed by atoms with Crippen LogP contribution in [0.4, 0.5) is 0 Å². The minimum absolute atomic E-state index is 0.651. The molecule has 4 aromatic rings. The molecule has 6 fully saturated rings. The van der Waals surface area contributed by atoms with Crippen molar-refractivity contribution in [2.24, 2.45) is 59.2 Å². The highest BCUT2D eigenvalue weighted by atomic mass is 16.3. The molecule has 43 heavy (non-hydrogen) atoms. The largest absolute Gasteiger partial charge is 0.456 e. The fraction of sp³-hybridized carbons (Fsp3) is 0.571. The monoisotopic (exact) mass is 568 g/mol. The van der Waals surface area contributed by atoms with E-state index in [4.69, 9.17) is 4.42 Å². The van der Waals surface area contributed by atoms with Gasteiger partial charge in [0.05, 0.1) is 0 Å². The number of hydrogen-bond acceptors (Lipinski definition) is 1. The number of para-hydroxylation sites is 2. The molecule has 3 aromatic carbocycles. The molecule has 6 saturated carbocycles. The van der Waals surface area contributed by atoms with E-state index in [-0.39, 0.29) is 0 Å². The maximum atomic E-state index is 6.63. The Morgan fingerprint density at radius 2 is 1.07 bits per heavy atom. The average Bonchev–Trinajstić information content (AvgIpc) is 3.47. The van der Waals surface area contributed by atoms with Crippen molar-refractivity contribution in [3.8, 4) is 0 Å². The zero-order valence-electron chi connectivity index (χ0n) is 25.7. The molecule has 1 aromatic heterocycles. The molecule has 0 bridgehead atoms.